The van der Waals surface area contributed by atoms with E-state index >= 15 is 0 Å². The average molecular weight is 270 g/mol. The zero-order chi connectivity index (χ0) is 12.8. The molecule has 100 valence electrons. The van der Waals surface area contributed by atoms with E-state index < -0.39 is 0 Å². The maximum absolute atomic E-state index is 5.78. The SMILES string of the molecule is COCCN1CCN(Cc2ccc(Cl)nc2)CC1. The van der Waals surface area contributed by atoms with Gasteiger partial charge >= 0.3 is 0 Å². The second-order valence-electron chi connectivity index (χ2n) is 4.60. The van der Waals surface area contributed by atoms with Gasteiger partial charge in [-0.2, -0.15) is 0 Å². The Balaban J connectivity index is 1.74. The van der Waals surface area contributed by atoms with E-state index in [1.807, 2.05) is 18.3 Å². The highest BCUT2D eigenvalue weighted by atomic mass is 35.5. The predicted molar refractivity (Wildman–Crippen MR) is 72.8 cm³/mol. The molecule has 4 nitrogen and oxygen atoms in total. The van der Waals surface area contributed by atoms with Crippen molar-refractivity contribution in [3.05, 3.63) is 29.0 Å². The molecule has 1 saturated heterocycles. The first-order valence-electron chi connectivity index (χ1n) is 6.32. The molecule has 0 spiro atoms. The third kappa shape index (κ3) is 4.21. The number of methoxy groups -OCH3 is 1. The first-order chi connectivity index (χ1) is 8.78. The molecule has 0 atom stereocenters. The number of halogens is 1. The highest BCUT2D eigenvalue weighted by molar-refractivity contribution is 6.29. The van der Waals surface area contributed by atoms with Crippen LogP contribution in [-0.2, 0) is 11.3 Å². The molecule has 2 rings (SSSR count). The molecule has 0 saturated carbocycles. The van der Waals surface area contributed by atoms with E-state index in [0.29, 0.717) is 5.15 Å². The van der Waals surface area contributed by atoms with Crippen molar-refractivity contribution in [1.82, 2.24) is 14.8 Å². The Hall–Kier alpha value is -0.680. The molecule has 1 fully saturated rings. The molecule has 1 aliphatic heterocycles. The van der Waals surface area contributed by atoms with E-state index in [4.69, 9.17) is 16.3 Å². The summed E-state index contributed by atoms with van der Waals surface area (Å²) >= 11 is 5.78. The molecule has 0 N–H and O–H groups in total. The lowest BCUT2D eigenvalue weighted by Crippen LogP contribution is -2.46. The molecule has 18 heavy (non-hydrogen) atoms. The van der Waals surface area contributed by atoms with Gasteiger partial charge in [-0.05, 0) is 11.6 Å². The second-order valence-corrected chi connectivity index (χ2v) is 4.99. The van der Waals surface area contributed by atoms with Crippen LogP contribution < -0.4 is 0 Å². The van der Waals surface area contributed by atoms with Crippen molar-refractivity contribution >= 4 is 11.6 Å². The van der Waals surface area contributed by atoms with Gasteiger partial charge in [0.15, 0.2) is 0 Å². The Bertz CT molecular complexity index is 350. The maximum Gasteiger partial charge on any atom is 0.129 e. The molecule has 0 bridgehead atoms. The quantitative estimate of drug-likeness (QED) is 0.758. The van der Waals surface area contributed by atoms with E-state index in [9.17, 15) is 0 Å². The Morgan fingerprint density at radius 1 is 1.22 bits per heavy atom. The molecule has 5 heteroatoms. The topological polar surface area (TPSA) is 28.6 Å². The van der Waals surface area contributed by atoms with Gasteiger partial charge in [0.05, 0.1) is 6.61 Å². The summed E-state index contributed by atoms with van der Waals surface area (Å²) in [4.78, 5) is 9.01. The minimum atomic E-state index is 0.558. The number of nitrogens with zero attached hydrogens (tertiary/aromatic N) is 3. The van der Waals surface area contributed by atoms with Gasteiger partial charge in [-0.25, -0.2) is 4.98 Å². The number of hydrogen-bond donors (Lipinski definition) is 0. The van der Waals surface area contributed by atoms with Crippen LogP contribution in [0.4, 0.5) is 0 Å². The Morgan fingerprint density at radius 3 is 2.56 bits per heavy atom. The first-order valence-corrected chi connectivity index (χ1v) is 6.70. The van der Waals surface area contributed by atoms with Gasteiger partial charge < -0.3 is 4.74 Å². The van der Waals surface area contributed by atoms with Crippen molar-refractivity contribution in [3.8, 4) is 0 Å². The van der Waals surface area contributed by atoms with Crippen LogP contribution in [0.2, 0.25) is 5.15 Å². The minimum absolute atomic E-state index is 0.558. The molecule has 0 amide bonds. The fraction of sp³-hybridized carbons (Fsp3) is 0.615. The number of hydrogen-bond acceptors (Lipinski definition) is 4. The van der Waals surface area contributed by atoms with Gasteiger partial charge in [0.2, 0.25) is 0 Å². The molecule has 1 aromatic heterocycles. The van der Waals surface area contributed by atoms with Gasteiger partial charge in [-0.3, -0.25) is 9.80 Å². The van der Waals surface area contributed by atoms with Crippen LogP contribution >= 0.6 is 11.6 Å². The summed E-state index contributed by atoms with van der Waals surface area (Å²) in [6.45, 7) is 7.25. The molecule has 1 aliphatic rings. The lowest BCUT2D eigenvalue weighted by atomic mass is 10.2. The van der Waals surface area contributed by atoms with Gasteiger partial charge in [-0.1, -0.05) is 17.7 Å². The number of piperazine rings is 1. The summed E-state index contributed by atoms with van der Waals surface area (Å²) in [6.07, 6.45) is 1.86. The van der Waals surface area contributed by atoms with Crippen molar-refractivity contribution in [2.24, 2.45) is 0 Å². The summed E-state index contributed by atoms with van der Waals surface area (Å²) in [6, 6.07) is 3.90. The fourth-order valence-electron chi connectivity index (χ4n) is 2.15. The lowest BCUT2D eigenvalue weighted by molar-refractivity contribution is 0.0938. The molecule has 0 unspecified atom stereocenters. The van der Waals surface area contributed by atoms with Crippen LogP contribution in [0, 0.1) is 0 Å². The highest BCUT2D eigenvalue weighted by Gasteiger charge is 2.16. The van der Waals surface area contributed by atoms with E-state index in [1.54, 1.807) is 7.11 Å². The third-order valence-corrected chi connectivity index (χ3v) is 3.49. The van der Waals surface area contributed by atoms with Crippen molar-refractivity contribution in [1.29, 1.82) is 0 Å². The Morgan fingerprint density at radius 2 is 1.94 bits per heavy atom. The van der Waals surface area contributed by atoms with Crippen LogP contribution in [0.5, 0.6) is 0 Å². The fourth-order valence-corrected chi connectivity index (χ4v) is 2.26. The number of pyridine rings is 1. The zero-order valence-electron chi connectivity index (χ0n) is 10.8. The molecular weight excluding hydrogens is 250 g/mol. The number of aromatic nitrogens is 1. The standard InChI is InChI=1S/C13H20ClN3O/c1-18-9-8-16-4-6-17(7-5-16)11-12-2-3-13(14)15-10-12/h2-3,10H,4-9,11H2,1H3. The third-order valence-electron chi connectivity index (χ3n) is 3.27. The molecule has 1 aromatic rings. The van der Waals surface area contributed by atoms with Crippen molar-refractivity contribution < 1.29 is 4.74 Å². The van der Waals surface area contributed by atoms with Gasteiger partial charge in [0.1, 0.15) is 5.15 Å². The van der Waals surface area contributed by atoms with Crippen LogP contribution in [-0.4, -0.2) is 61.2 Å². The Kier molecular flexibility index (Phi) is 5.38. The number of rotatable bonds is 5. The van der Waals surface area contributed by atoms with E-state index in [-0.39, 0.29) is 0 Å². The molecule has 0 aromatic carbocycles. The summed E-state index contributed by atoms with van der Waals surface area (Å²) < 4.78 is 5.10. The molecule has 0 radical (unpaired) electrons. The Labute approximate surface area is 114 Å². The predicted octanol–water partition coefficient (Wildman–Crippen LogP) is 1.50. The lowest BCUT2D eigenvalue weighted by Gasteiger charge is -2.34. The monoisotopic (exact) mass is 269 g/mol. The van der Waals surface area contributed by atoms with Crippen LogP contribution in [0.3, 0.4) is 0 Å². The average Bonchev–Trinajstić information content (AvgIpc) is 2.41. The summed E-state index contributed by atoms with van der Waals surface area (Å²) in [7, 11) is 1.75. The summed E-state index contributed by atoms with van der Waals surface area (Å²) in [5, 5.41) is 0.558. The van der Waals surface area contributed by atoms with Gasteiger partial charge in [-0.15, -0.1) is 0 Å². The van der Waals surface area contributed by atoms with Crippen molar-refractivity contribution in [2.75, 3.05) is 46.4 Å². The smallest absolute Gasteiger partial charge is 0.129 e. The van der Waals surface area contributed by atoms with Crippen LogP contribution in [0.1, 0.15) is 5.56 Å². The summed E-state index contributed by atoms with van der Waals surface area (Å²) in [5.41, 5.74) is 1.23. The highest BCUT2D eigenvalue weighted by Crippen LogP contribution is 2.10. The van der Waals surface area contributed by atoms with Gasteiger partial charge in [0, 0.05) is 52.6 Å². The summed E-state index contributed by atoms with van der Waals surface area (Å²) in [5.74, 6) is 0. The zero-order valence-corrected chi connectivity index (χ0v) is 11.6. The van der Waals surface area contributed by atoms with E-state index in [1.165, 1.54) is 5.56 Å². The molecule has 0 aliphatic carbocycles. The molecule has 2 heterocycles. The van der Waals surface area contributed by atoms with Crippen LogP contribution in [0.15, 0.2) is 18.3 Å². The maximum atomic E-state index is 5.78. The second kappa shape index (κ2) is 7.04. The van der Waals surface area contributed by atoms with Crippen molar-refractivity contribution in [2.45, 2.75) is 6.54 Å². The molecular formula is C13H20ClN3O. The van der Waals surface area contributed by atoms with E-state index in [0.717, 1.165) is 45.9 Å². The van der Waals surface area contributed by atoms with Crippen LogP contribution in [0.25, 0.3) is 0 Å². The van der Waals surface area contributed by atoms with Crippen molar-refractivity contribution in [3.63, 3.8) is 0 Å². The first kappa shape index (κ1) is 13.7. The largest absolute Gasteiger partial charge is 0.383 e. The van der Waals surface area contributed by atoms with E-state index in [2.05, 4.69) is 14.8 Å². The van der Waals surface area contributed by atoms with Gasteiger partial charge in [0.25, 0.3) is 0 Å². The number of ether oxygens (including phenoxy) is 1. The normalized spacial score (nSPS) is 18.1. The minimum Gasteiger partial charge on any atom is -0.383 e.